The summed E-state index contributed by atoms with van der Waals surface area (Å²) in [5.41, 5.74) is 0. The highest BCUT2D eigenvalue weighted by Crippen LogP contribution is 2.30. The highest BCUT2D eigenvalue weighted by atomic mass is 16.6. The number of nitro groups is 1. The minimum absolute atomic E-state index is 0.161. The molecule has 1 saturated heterocycles. The predicted octanol–water partition coefficient (Wildman–Crippen LogP) is -0.501. The number of hydrogen-bond acceptors (Lipinski definition) is 4. The number of fused-ring (bicyclic) bond motifs is 1. The Hall–Kier alpha value is -1.46. The number of rotatable bonds is 1. The van der Waals surface area contributed by atoms with Crippen LogP contribution in [0.4, 0.5) is 0 Å². The molecule has 0 bridgehead atoms. The number of carbonyl (C=O) groups is 2. The van der Waals surface area contributed by atoms with Crippen molar-refractivity contribution in [3.8, 4) is 0 Å². The van der Waals surface area contributed by atoms with Crippen molar-refractivity contribution in [1.82, 2.24) is 5.32 Å². The zero-order valence-corrected chi connectivity index (χ0v) is 7.43. The molecule has 1 amide bonds. The minimum atomic E-state index is -0.659. The van der Waals surface area contributed by atoms with Gasteiger partial charge >= 0.3 is 0 Å². The molecule has 0 spiro atoms. The third-order valence-corrected chi connectivity index (χ3v) is 3.00. The van der Waals surface area contributed by atoms with Crippen LogP contribution in [0.5, 0.6) is 0 Å². The van der Waals surface area contributed by atoms with Crippen molar-refractivity contribution in [3.05, 3.63) is 10.1 Å². The molecule has 0 aromatic heterocycles. The second-order valence-corrected chi connectivity index (χ2v) is 3.80. The van der Waals surface area contributed by atoms with E-state index in [0.29, 0.717) is 12.8 Å². The second-order valence-electron chi connectivity index (χ2n) is 3.80. The van der Waals surface area contributed by atoms with E-state index in [1.165, 1.54) is 0 Å². The molecule has 1 saturated carbocycles. The van der Waals surface area contributed by atoms with E-state index < -0.39 is 23.7 Å². The van der Waals surface area contributed by atoms with Gasteiger partial charge in [0.15, 0.2) is 0 Å². The van der Waals surface area contributed by atoms with Crippen LogP contribution in [0.25, 0.3) is 0 Å². The van der Waals surface area contributed by atoms with Crippen molar-refractivity contribution < 1.29 is 14.5 Å². The van der Waals surface area contributed by atoms with Gasteiger partial charge in [-0.15, -0.1) is 0 Å². The second kappa shape index (κ2) is 3.04. The van der Waals surface area contributed by atoms with E-state index in [0.717, 1.165) is 0 Å². The fourth-order valence-electron chi connectivity index (χ4n) is 2.21. The Labute approximate surface area is 79.8 Å². The lowest BCUT2D eigenvalue weighted by Crippen LogP contribution is -2.38. The molecule has 2 rings (SSSR count). The van der Waals surface area contributed by atoms with Crippen molar-refractivity contribution in [2.75, 3.05) is 0 Å². The molecule has 76 valence electrons. The fourth-order valence-corrected chi connectivity index (χ4v) is 2.21. The number of hydrogen-bond donors (Lipinski definition) is 1. The van der Waals surface area contributed by atoms with E-state index in [-0.39, 0.29) is 17.4 Å². The van der Waals surface area contributed by atoms with Gasteiger partial charge in [0, 0.05) is 23.8 Å². The van der Waals surface area contributed by atoms with E-state index >= 15 is 0 Å². The Balaban J connectivity index is 2.12. The van der Waals surface area contributed by atoms with Crippen LogP contribution in [0, 0.1) is 16.0 Å². The summed E-state index contributed by atoms with van der Waals surface area (Å²) in [5.74, 6) is -1.53. The van der Waals surface area contributed by atoms with Crippen LogP contribution in [0.15, 0.2) is 0 Å². The van der Waals surface area contributed by atoms with Crippen molar-refractivity contribution >= 4 is 11.7 Å². The van der Waals surface area contributed by atoms with Gasteiger partial charge in [-0.3, -0.25) is 19.7 Å². The number of nitrogens with one attached hydrogen (secondary N) is 1. The monoisotopic (exact) mass is 198 g/mol. The highest BCUT2D eigenvalue weighted by molar-refractivity contribution is 6.39. The fraction of sp³-hybridized carbons (Fsp3) is 0.750. The topological polar surface area (TPSA) is 89.3 Å². The molecule has 14 heavy (non-hydrogen) atoms. The van der Waals surface area contributed by atoms with Crippen molar-refractivity contribution in [2.24, 2.45) is 5.92 Å². The van der Waals surface area contributed by atoms with Crippen LogP contribution in [0.3, 0.4) is 0 Å². The van der Waals surface area contributed by atoms with E-state index in [4.69, 9.17) is 0 Å². The molecule has 2 fully saturated rings. The number of amides is 1. The maximum Gasteiger partial charge on any atom is 0.287 e. The largest absolute Gasteiger partial charge is 0.346 e. The average molecular weight is 198 g/mol. The molecule has 1 aliphatic carbocycles. The van der Waals surface area contributed by atoms with Gasteiger partial charge in [-0.1, -0.05) is 0 Å². The third-order valence-electron chi connectivity index (χ3n) is 3.00. The maximum absolute atomic E-state index is 11.3. The quantitative estimate of drug-likeness (QED) is 0.349. The highest BCUT2D eigenvalue weighted by Gasteiger charge is 2.47. The molecule has 0 aromatic carbocycles. The van der Waals surface area contributed by atoms with Gasteiger partial charge in [0.25, 0.3) is 5.91 Å². The van der Waals surface area contributed by atoms with E-state index in [2.05, 4.69) is 5.32 Å². The molecular formula is C8H10N2O4. The summed E-state index contributed by atoms with van der Waals surface area (Å²) >= 11 is 0. The molecule has 6 heteroatoms. The zero-order valence-electron chi connectivity index (χ0n) is 7.43. The van der Waals surface area contributed by atoms with Crippen molar-refractivity contribution in [1.29, 1.82) is 0 Å². The normalized spacial score (nSPS) is 36.4. The summed E-state index contributed by atoms with van der Waals surface area (Å²) in [4.78, 5) is 32.4. The van der Waals surface area contributed by atoms with Gasteiger partial charge in [-0.05, 0) is 6.42 Å². The van der Waals surface area contributed by atoms with Crippen molar-refractivity contribution in [3.63, 3.8) is 0 Å². The zero-order chi connectivity index (χ0) is 10.3. The Bertz CT molecular complexity index is 314. The molecule has 2 aliphatic rings. The Morgan fingerprint density at radius 2 is 2.07 bits per heavy atom. The Morgan fingerprint density at radius 1 is 1.36 bits per heavy atom. The first-order valence-corrected chi connectivity index (χ1v) is 4.58. The first kappa shape index (κ1) is 9.11. The molecule has 1 N–H and O–H groups in total. The maximum atomic E-state index is 11.3. The Kier molecular flexibility index (Phi) is 1.98. The van der Waals surface area contributed by atoms with Crippen LogP contribution in [0.1, 0.15) is 19.3 Å². The summed E-state index contributed by atoms with van der Waals surface area (Å²) in [7, 11) is 0. The first-order valence-electron chi connectivity index (χ1n) is 4.58. The molecule has 0 radical (unpaired) electrons. The molecule has 1 heterocycles. The average Bonchev–Trinajstić information content (AvgIpc) is 2.43. The SMILES string of the molecule is O=C1NC2CCC([N+](=O)[O-])CC2C1=O. The summed E-state index contributed by atoms with van der Waals surface area (Å²) in [6.07, 6.45) is 1.19. The van der Waals surface area contributed by atoms with Crippen LogP contribution in [-0.4, -0.2) is 28.7 Å². The molecular weight excluding hydrogens is 188 g/mol. The lowest BCUT2D eigenvalue weighted by molar-refractivity contribution is -0.527. The van der Waals surface area contributed by atoms with Crippen molar-refractivity contribution in [2.45, 2.75) is 31.3 Å². The van der Waals surface area contributed by atoms with Crippen LogP contribution in [-0.2, 0) is 9.59 Å². The predicted molar refractivity (Wildman–Crippen MR) is 45.1 cm³/mol. The number of carbonyl (C=O) groups excluding carboxylic acids is 2. The van der Waals surface area contributed by atoms with Gasteiger partial charge in [-0.2, -0.15) is 0 Å². The summed E-state index contributed by atoms with van der Waals surface area (Å²) in [6, 6.07) is -0.820. The lowest BCUT2D eigenvalue weighted by Gasteiger charge is -2.24. The van der Waals surface area contributed by atoms with Gasteiger partial charge in [-0.25, -0.2) is 0 Å². The number of ketones is 1. The first-order chi connectivity index (χ1) is 6.59. The van der Waals surface area contributed by atoms with Crippen LogP contribution < -0.4 is 5.32 Å². The van der Waals surface area contributed by atoms with Crippen LogP contribution in [0.2, 0.25) is 0 Å². The molecule has 0 aromatic rings. The molecule has 1 aliphatic heterocycles. The number of nitrogens with zero attached hydrogens (tertiary/aromatic N) is 1. The summed E-state index contributed by atoms with van der Waals surface area (Å²) in [5, 5.41) is 13.1. The number of Topliss-reactive ketones (excluding diaryl/α,β-unsaturated/α-hetero) is 1. The third kappa shape index (κ3) is 1.26. The summed E-state index contributed by atoms with van der Waals surface area (Å²) < 4.78 is 0. The minimum Gasteiger partial charge on any atom is -0.346 e. The smallest absolute Gasteiger partial charge is 0.287 e. The van der Waals surface area contributed by atoms with Gasteiger partial charge in [0.2, 0.25) is 11.8 Å². The lowest BCUT2D eigenvalue weighted by atomic mass is 9.82. The van der Waals surface area contributed by atoms with E-state index in [1.54, 1.807) is 0 Å². The van der Waals surface area contributed by atoms with Gasteiger partial charge < -0.3 is 5.32 Å². The molecule has 3 unspecified atom stereocenters. The van der Waals surface area contributed by atoms with Crippen LogP contribution >= 0.6 is 0 Å². The molecule has 6 nitrogen and oxygen atoms in total. The summed E-state index contributed by atoms with van der Waals surface area (Å²) in [6.45, 7) is 0. The standard InChI is InChI=1S/C8H10N2O4/c11-7-5-3-4(10(13)14)1-2-6(5)9-8(7)12/h4-6H,1-3H2,(H,9,12). The van der Waals surface area contributed by atoms with Gasteiger partial charge in [0.05, 0.1) is 5.92 Å². The molecule has 3 atom stereocenters. The van der Waals surface area contributed by atoms with E-state index in [1.807, 2.05) is 0 Å². The van der Waals surface area contributed by atoms with Gasteiger partial charge in [0.1, 0.15) is 0 Å². The van der Waals surface area contributed by atoms with E-state index in [9.17, 15) is 19.7 Å². The Morgan fingerprint density at radius 3 is 2.71 bits per heavy atom.